The molecule has 0 atom stereocenters. The minimum absolute atomic E-state index is 0.0962. The zero-order chi connectivity index (χ0) is 24.5. The molecule has 3 aromatic rings. The minimum atomic E-state index is -3.76. The van der Waals surface area contributed by atoms with Crippen molar-refractivity contribution in [3.05, 3.63) is 57.7 Å². The third-order valence-corrected chi connectivity index (χ3v) is 8.52. The number of hydrogen-bond acceptors (Lipinski definition) is 6. The number of fused-ring (bicyclic) bond motifs is 1. The van der Waals surface area contributed by atoms with Crippen LogP contribution in [0.5, 0.6) is 0 Å². The first-order chi connectivity index (χ1) is 16.2. The number of nitrogens with zero attached hydrogens (tertiary/aromatic N) is 3. The molecular weight excluding hydrogens is 476 g/mol. The van der Waals surface area contributed by atoms with Gasteiger partial charge in [-0.2, -0.15) is 4.31 Å². The Balaban J connectivity index is 1.48. The summed E-state index contributed by atoms with van der Waals surface area (Å²) >= 11 is 1.05. The van der Waals surface area contributed by atoms with E-state index in [0.717, 1.165) is 23.3 Å². The lowest BCUT2D eigenvalue weighted by Crippen LogP contribution is -2.50. The molecule has 11 heteroatoms. The number of thiazole rings is 1. The maximum Gasteiger partial charge on any atom is 0.308 e. The Morgan fingerprint density at radius 3 is 2.47 bits per heavy atom. The van der Waals surface area contributed by atoms with Crippen molar-refractivity contribution in [3.8, 4) is 0 Å². The molecule has 0 radical (unpaired) electrons. The van der Waals surface area contributed by atoms with Crippen molar-refractivity contribution in [2.24, 2.45) is 0 Å². The molecule has 2 aromatic carbocycles. The van der Waals surface area contributed by atoms with Gasteiger partial charge >= 0.3 is 4.87 Å². The molecule has 1 fully saturated rings. The Kier molecular flexibility index (Phi) is 6.87. The normalized spacial score (nSPS) is 14.9. The van der Waals surface area contributed by atoms with E-state index in [0.29, 0.717) is 22.5 Å². The SMILES string of the molecule is CCCn1c(=O)sc2cc(S(=O)(=O)N3CCN(C(=O)c4cccc(NC(C)=O)c4)CC3)ccc21. The number of nitrogens with one attached hydrogen (secondary N) is 1. The molecule has 0 bridgehead atoms. The number of sulfonamides is 1. The maximum atomic E-state index is 13.2. The highest BCUT2D eigenvalue weighted by Gasteiger charge is 2.31. The van der Waals surface area contributed by atoms with Crippen LogP contribution in [0.25, 0.3) is 10.2 Å². The van der Waals surface area contributed by atoms with E-state index < -0.39 is 10.0 Å². The Bertz CT molecular complexity index is 1400. The highest BCUT2D eigenvalue weighted by Crippen LogP contribution is 2.25. The van der Waals surface area contributed by atoms with Gasteiger partial charge in [-0.25, -0.2) is 8.42 Å². The fraction of sp³-hybridized carbons (Fsp3) is 0.348. The van der Waals surface area contributed by atoms with Crippen molar-refractivity contribution in [3.63, 3.8) is 0 Å². The smallest absolute Gasteiger partial charge is 0.308 e. The van der Waals surface area contributed by atoms with Gasteiger partial charge in [-0.3, -0.25) is 19.0 Å². The van der Waals surface area contributed by atoms with E-state index in [9.17, 15) is 22.8 Å². The molecule has 4 rings (SSSR count). The molecule has 0 saturated carbocycles. The highest BCUT2D eigenvalue weighted by atomic mass is 32.2. The summed E-state index contributed by atoms with van der Waals surface area (Å²) in [6.45, 7) is 4.82. The van der Waals surface area contributed by atoms with E-state index in [1.54, 1.807) is 51.9 Å². The molecule has 2 heterocycles. The minimum Gasteiger partial charge on any atom is -0.336 e. The number of carbonyl (C=O) groups is 2. The molecule has 1 aliphatic heterocycles. The molecule has 1 aromatic heterocycles. The van der Waals surface area contributed by atoms with E-state index in [4.69, 9.17) is 0 Å². The zero-order valence-corrected chi connectivity index (χ0v) is 20.6. The number of rotatable bonds is 6. The molecule has 1 N–H and O–H groups in total. The van der Waals surface area contributed by atoms with Crippen LogP contribution >= 0.6 is 11.3 Å². The quantitative estimate of drug-likeness (QED) is 0.557. The molecule has 0 aliphatic carbocycles. The van der Waals surface area contributed by atoms with E-state index in [2.05, 4.69) is 5.32 Å². The summed E-state index contributed by atoms with van der Waals surface area (Å²) in [6.07, 6.45) is 0.812. The highest BCUT2D eigenvalue weighted by molar-refractivity contribution is 7.89. The fourth-order valence-electron chi connectivity index (χ4n) is 4.04. The van der Waals surface area contributed by atoms with Crippen LogP contribution in [0.4, 0.5) is 5.69 Å². The molecule has 34 heavy (non-hydrogen) atoms. The van der Waals surface area contributed by atoms with E-state index >= 15 is 0 Å². The Labute approximate surface area is 201 Å². The molecule has 1 saturated heterocycles. The molecule has 9 nitrogen and oxygen atoms in total. The van der Waals surface area contributed by atoms with Crippen molar-refractivity contribution in [1.82, 2.24) is 13.8 Å². The van der Waals surface area contributed by atoms with Crippen molar-refractivity contribution in [2.45, 2.75) is 31.7 Å². The standard InChI is InChI=1S/C23H26N4O5S2/c1-3-9-27-20-8-7-19(15-21(20)33-23(27)30)34(31,32)26-12-10-25(11-13-26)22(29)17-5-4-6-18(14-17)24-16(2)28/h4-8,14-15H,3,9-13H2,1-2H3,(H,24,28). The van der Waals surface area contributed by atoms with E-state index in [1.165, 1.54) is 11.2 Å². The molecule has 180 valence electrons. The van der Waals surface area contributed by atoms with Gasteiger partial charge in [0.1, 0.15) is 0 Å². The number of carbonyl (C=O) groups excluding carboxylic acids is 2. The van der Waals surface area contributed by atoms with E-state index in [-0.39, 0.29) is 47.8 Å². The first-order valence-electron chi connectivity index (χ1n) is 11.0. The van der Waals surface area contributed by atoms with Crippen LogP contribution in [0.3, 0.4) is 0 Å². The van der Waals surface area contributed by atoms with Crippen LogP contribution in [-0.2, 0) is 21.4 Å². The number of piperazine rings is 1. The number of aryl methyl sites for hydroxylation is 1. The van der Waals surface area contributed by atoms with Crippen LogP contribution in [0.2, 0.25) is 0 Å². The van der Waals surface area contributed by atoms with Crippen LogP contribution in [0.1, 0.15) is 30.6 Å². The van der Waals surface area contributed by atoms with Gasteiger partial charge in [-0.05, 0) is 42.8 Å². The van der Waals surface area contributed by atoms with E-state index in [1.807, 2.05) is 6.92 Å². The number of anilines is 1. The Hall–Kier alpha value is -3.02. The van der Waals surface area contributed by atoms with Gasteiger partial charge in [0.15, 0.2) is 0 Å². The lowest BCUT2D eigenvalue weighted by Gasteiger charge is -2.34. The molecule has 0 spiro atoms. The topological polar surface area (TPSA) is 109 Å². The second-order valence-corrected chi connectivity index (χ2v) is 11.0. The van der Waals surface area contributed by atoms with Gasteiger partial charge in [0.2, 0.25) is 15.9 Å². The Morgan fingerprint density at radius 2 is 1.79 bits per heavy atom. The first-order valence-corrected chi connectivity index (χ1v) is 13.3. The van der Waals surface area contributed by atoms with Gasteiger partial charge < -0.3 is 10.2 Å². The molecule has 2 amide bonds. The number of aromatic nitrogens is 1. The van der Waals surface area contributed by atoms with Crippen molar-refractivity contribution in [2.75, 3.05) is 31.5 Å². The summed E-state index contributed by atoms with van der Waals surface area (Å²) in [5, 5.41) is 2.66. The summed E-state index contributed by atoms with van der Waals surface area (Å²) in [4.78, 5) is 38.1. The molecule has 0 unspecified atom stereocenters. The zero-order valence-electron chi connectivity index (χ0n) is 19.0. The van der Waals surface area contributed by atoms with Gasteiger partial charge in [0.25, 0.3) is 5.91 Å². The molecule has 1 aliphatic rings. The Morgan fingerprint density at radius 1 is 1.06 bits per heavy atom. The predicted octanol–water partition coefficient (Wildman–Crippen LogP) is 2.58. The summed E-state index contributed by atoms with van der Waals surface area (Å²) in [5.41, 5.74) is 1.71. The monoisotopic (exact) mass is 502 g/mol. The largest absolute Gasteiger partial charge is 0.336 e. The number of amides is 2. The molecular formula is C23H26N4O5S2. The summed E-state index contributed by atoms with van der Waals surface area (Å²) in [5.74, 6) is -0.441. The average Bonchev–Trinajstić information content (AvgIpc) is 3.13. The van der Waals surface area contributed by atoms with Gasteiger partial charge in [-0.15, -0.1) is 0 Å². The van der Waals surface area contributed by atoms with Crippen LogP contribution in [-0.4, -0.2) is 60.2 Å². The van der Waals surface area contributed by atoms with Crippen LogP contribution in [0, 0.1) is 0 Å². The first kappa shape index (κ1) is 24.1. The fourth-order valence-corrected chi connectivity index (χ4v) is 6.52. The van der Waals surface area contributed by atoms with Crippen molar-refractivity contribution < 1.29 is 18.0 Å². The number of hydrogen-bond donors (Lipinski definition) is 1. The number of benzene rings is 2. The van der Waals surface area contributed by atoms with Crippen LogP contribution < -0.4 is 10.2 Å². The van der Waals surface area contributed by atoms with Crippen LogP contribution in [0.15, 0.2) is 52.2 Å². The third kappa shape index (κ3) is 4.77. The van der Waals surface area contributed by atoms with Crippen molar-refractivity contribution >= 4 is 49.1 Å². The summed E-state index contributed by atoms with van der Waals surface area (Å²) in [6, 6.07) is 11.5. The third-order valence-electron chi connectivity index (χ3n) is 5.68. The van der Waals surface area contributed by atoms with Gasteiger partial charge in [-0.1, -0.05) is 24.3 Å². The lowest BCUT2D eigenvalue weighted by atomic mass is 10.1. The second-order valence-electron chi connectivity index (χ2n) is 8.11. The maximum absolute atomic E-state index is 13.2. The van der Waals surface area contributed by atoms with Gasteiger partial charge in [0.05, 0.1) is 15.1 Å². The van der Waals surface area contributed by atoms with Gasteiger partial charge in [0, 0.05) is 50.9 Å². The lowest BCUT2D eigenvalue weighted by molar-refractivity contribution is -0.114. The van der Waals surface area contributed by atoms with Crippen molar-refractivity contribution in [1.29, 1.82) is 0 Å². The summed E-state index contributed by atoms with van der Waals surface area (Å²) in [7, 11) is -3.76. The predicted molar refractivity (Wildman–Crippen MR) is 132 cm³/mol. The second kappa shape index (κ2) is 9.69. The summed E-state index contributed by atoms with van der Waals surface area (Å²) < 4.78 is 30.2. The average molecular weight is 503 g/mol.